The number of hydrogen-bond donors (Lipinski definition) is 0. The highest BCUT2D eigenvalue weighted by atomic mass is 16.5. The molecule has 0 aromatic heterocycles. The monoisotopic (exact) mass is 302 g/mol. The second kappa shape index (κ2) is 7.25. The fraction of sp³-hybridized carbons (Fsp3) is 0.611. The van der Waals surface area contributed by atoms with Crippen LogP contribution in [0, 0.1) is 0 Å². The zero-order valence-corrected chi connectivity index (χ0v) is 13.4. The molecule has 3 rings (SSSR count). The summed E-state index contributed by atoms with van der Waals surface area (Å²) in [4.78, 5) is 17.5. The number of carbonyl (C=O) groups is 1. The normalized spacial score (nSPS) is 25.0. The first-order valence-corrected chi connectivity index (χ1v) is 8.45. The van der Waals surface area contributed by atoms with E-state index in [1.54, 1.807) is 0 Å². The molecule has 0 radical (unpaired) electrons. The van der Waals surface area contributed by atoms with Crippen LogP contribution in [0.15, 0.2) is 30.3 Å². The molecule has 0 aliphatic carbocycles. The van der Waals surface area contributed by atoms with E-state index in [0.717, 1.165) is 44.6 Å². The molecule has 0 spiro atoms. The maximum absolute atomic E-state index is 13.1. The summed E-state index contributed by atoms with van der Waals surface area (Å²) in [7, 11) is 0. The summed E-state index contributed by atoms with van der Waals surface area (Å²) >= 11 is 0. The van der Waals surface area contributed by atoms with Gasteiger partial charge >= 0.3 is 0 Å². The molecule has 0 saturated carbocycles. The number of ether oxygens (including phenoxy) is 1. The van der Waals surface area contributed by atoms with Gasteiger partial charge in [-0.05, 0) is 31.7 Å². The molecule has 120 valence electrons. The predicted molar refractivity (Wildman–Crippen MR) is 86.6 cm³/mol. The number of amides is 1. The van der Waals surface area contributed by atoms with Crippen molar-refractivity contribution < 1.29 is 9.53 Å². The van der Waals surface area contributed by atoms with Crippen molar-refractivity contribution in [2.24, 2.45) is 0 Å². The standard InChI is InChI=1S/C18H26N2O2/c1-15-14-20(12-13-22-15)17(16-8-4-2-5-9-16)18(21)19-10-6-3-7-11-19/h2,4-5,8-9,15,17H,3,6-7,10-14H2,1H3. The van der Waals surface area contributed by atoms with E-state index in [1.807, 2.05) is 18.2 Å². The van der Waals surface area contributed by atoms with Crippen LogP contribution in [0.25, 0.3) is 0 Å². The lowest BCUT2D eigenvalue weighted by molar-refractivity contribution is -0.141. The van der Waals surface area contributed by atoms with E-state index < -0.39 is 0 Å². The number of piperidine rings is 1. The highest BCUT2D eigenvalue weighted by molar-refractivity contribution is 5.83. The van der Waals surface area contributed by atoms with Crippen LogP contribution in [0.2, 0.25) is 0 Å². The Morgan fingerprint density at radius 3 is 2.55 bits per heavy atom. The minimum Gasteiger partial charge on any atom is -0.376 e. The van der Waals surface area contributed by atoms with Crippen molar-refractivity contribution in [2.75, 3.05) is 32.8 Å². The summed E-state index contributed by atoms with van der Waals surface area (Å²) in [5.41, 5.74) is 1.10. The Morgan fingerprint density at radius 1 is 1.14 bits per heavy atom. The molecule has 1 aromatic rings. The Morgan fingerprint density at radius 2 is 1.86 bits per heavy atom. The van der Waals surface area contributed by atoms with Crippen LogP contribution in [0.4, 0.5) is 0 Å². The van der Waals surface area contributed by atoms with Gasteiger partial charge in [-0.3, -0.25) is 9.69 Å². The van der Waals surface area contributed by atoms with E-state index in [1.165, 1.54) is 6.42 Å². The fourth-order valence-electron chi connectivity index (χ4n) is 3.51. The number of likely N-dealkylation sites (tertiary alicyclic amines) is 1. The molecule has 0 N–H and O–H groups in total. The average molecular weight is 302 g/mol. The molecule has 2 aliphatic heterocycles. The smallest absolute Gasteiger partial charge is 0.244 e. The number of nitrogens with zero attached hydrogens (tertiary/aromatic N) is 2. The van der Waals surface area contributed by atoms with Crippen molar-refractivity contribution in [3.8, 4) is 0 Å². The molecule has 2 heterocycles. The summed E-state index contributed by atoms with van der Waals surface area (Å²) in [6.45, 7) is 6.24. The second-order valence-electron chi connectivity index (χ2n) is 6.38. The predicted octanol–water partition coefficient (Wildman–Crippen LogP) is 2.46. The lowest BCUT2D eigenvalue weighted by atomic mass is 10.0. The Kier molecular flexibility index (Phi) is 5.11. The second-order valence-corrected chi connectivity index (χ2v) is 6.38. The van der Waals surface area contributed by atoms with E-state index in [9.17, 15) is 4.79 Å². The van der Waals surface area contributed by atoms with Gasteiger partial charge in [-0.15, -0.1) is 0 Å². The van der Waals surface area contributed by atoms with Crippen molar-refractivity contribution in [2.45, 2.75) is 38.3 Å². The largest absolute Gasteiger partial charge is 0.376 e. The van der Waals surface area contributed by atoms with Crippen LogP contribution < -0.4 is 0 Å². The summed E-state index contributed by atoms with van der Waals surface area (Å²) < 4.78 is 5.65. The van der Waals surface area contributed by atoms with Crippen molar-refractivity contribution in [1.29, 1.82) is 0 Å². The molecule has 2 unspecified atom stereocenters. The fourth-order valence-corrected chi connectivity index (χ4v) is 3.51. The van der Waals surface area contributed by atoms with Crippen LogP contribution in [-0.2, 0) is 9.53 Å². The molecule has 2 atom stereocenters. The number of benzene rings is 1. The molecule has 4 heteroatoms. The summed E-state index contributed by atoms with van der Waals surface area (Å²) in [5, 5.41) is 0. The van der Waals surface area contributed by atoms with E-state index >= 15 is 0 Å². The van der Waals surface area contributed by atoms with Gasteiger partial charge < -0.3 is 9.64 Å². The van der Waals surface area contributed by atoms with E-state index in [4.69, 9.17) is 4.74 Å². The molecule has 2 saturated heterocycles. The minimum atomic E-state index is -0.161. The van der Waals surface area contributed by atoms with Gasteiger partial charge in [-0.2, -0.15) is 0 Å². The lowest BCUT2D eigenvalue weighted by Gasteiger charge is -2.39. The maximum Gasteiger partial charge on any atom is 0.244 e. The zero-order chi connectivity index (χ0) is 15.4. The van der Waals surface area contributed by atoms with E-state index in [0.29, 0.717) is 6.61 Å². The first-order valence-electron chi connectivity index (χ1n) is 8.45. The van der Waals surface area contributed by atoms with E-state index in [-0.39, 0.29) is 18.1 Å². The third-order valence-corrected chi connectivity index (χ3v) is 4.65. The van der Waals surface area contributed by atoms with Crippen molar-refractivity contribution in [3.63, 3.8) is 0 Å². The quantitative estimate of drug-likeness (QED) is 0.860. The molecule has 1 amide bonds. The highest BCUT2D eigenvalue weighted by Crippen LogP contribution is 2.26. The van der Waals surface area contributed by atoms with Crippen LogP contribution >= 0.6 is 0 Å². The van der Waals surface area contributed by atoms with Gasteiger partial charge in [0, 0.05) is 26.2 Å². The Bertz CT molecular complexity index is 485. The van der Waals surface area contributed by atoms with Crippen molar-refractivity contribution in [1.82, 2.24) is 9.80 Å². The highest BCUT2D eigenvalue weighted by Gasteiger charge is 2.34. The Hall–Kier alpha value is -1.39. The summed E-state index contributed by atoms with van der Waals surface area (Å²) in [5.74, 6) is 0.264. The van der Waals surface area contributed by atoms with Gasteiger partial charge in [-0.1, -0.05) is 30.3 Å². The molecule has 22 heavy (non-hydrogen) atoms. The van der Waals surface area contributed by atoms with Gasteiger partial charge in [0.1, 0.15) is 6.04 Å². The molecular weight excluding hydrogens is 276 g/mol. The van der Waals surface area contributed by atoms with Gasteiger partial charge in [-0.25, -0.2) is 0 Å². The third-order valence-electron chi connectivity index (χ3n) is 4.65. The molecule has 2 aliphatic rings. The molecular formula is C18H26N2O2. The lowest BCUT2D eigenvalue weighted by Crippen LogP contribution is -2.50. The van der Waals surface area contributed by atoms with Crippen LogP contribution in [0.5, 0.6) is 0 Å². The number of morpholine rings is 1. The first kappa shape index (κ1) is 15.5. The molecule has 2 fully saturated rings. The number of carbonyl (C=O) groups excluding carboxylic acids is 1. The summed E-state index contributed by atoms with van der Waals surface area (Å²) in [6, 6.07) is 10.0. The van der Waals surface area contributed by atoms with Gasteiger partial charge in [0.15, 0.2) is 0 Å². The van der Waals surface area contributed by atoms with Gasteiger partial charge in [0.2, 0.25) is 5.91 Å². The van der Waals surface area contributed by atoms with Crippen molar-refractivity contribution >= 4 is 5.91 Å². The van der Waals surface area contributed by atoms with E-state index in [2.05, 4.69) is 28.9 Å². The Balaban J connectivity index is 1.83. The average Bonchev–Trinajstić information content (AvgIpc) is 2.57. The number of hydrogen-bond acceptors (Lipinski definition) is 3. The van der Waals surface area contributed by atoms with Crippen molar-refractivity contribution in [3.05, 3.63) is 35.9 Å². The Labute approximate surface area is 133 Å². The van der Waals surface area contributed by atoms with Crippen LogP contribution in [-0.4, -0.2) is 54.6 Å². The number of rotatable bonds is 3. The van der Waals surface area contributed by atoms with Gasteiger partial charge in [0.25, 0.3) is 0 Å². The van der Waals surface area contributed by atoms with Gasteiger partial charge in [0.05, 0.1) is 12.7 Å². The topological polar surface area (TPSA) is 32.8 Å². The third kappa shape index (κ3) is 3.50. The maximum atomic E-state index is 13.1. The SMILES string of the molecule is CC1CN(C(C(=O)N2CCCCC2)c2ccccc2)CCO1. The van der Waals surface area contributed by atoms with Crippen LogP contribution in [0.3, 0.4) is 0 Å². The summed E-state index contributed by atoms with van der Waals surface area (Å²) in [6.07, 6.45) is 3.70. The molecule has 4 nitrogen and oxygen atoms in total. The molecule has 1 aromatic carbocycles. The first-order chi connectivity index (χ1) is 10.8. The minimum absolute atomic E-state index is 0.161. The zero-order valence-electron chi connectivity index (χ0n) is 13.4. The molecule has 0 bridgehead atoms. The van der Waals surface area contributed by atoms with Crippen LogP contribution in [0.1, 0.15) is 37.8 Å².